The Morgan fingerprint density at radius 2 is 1.60 bits per heavy atom. The van der Waals surface area contributed by atoms with Crippen molar-refractivity contribution >= 4 is 23.3 Å². The molecule has 1 aliphatic rings. The minimum absolute atomic E-state index is 0.160. The number of nitrogens with one attached hydrogen (secondary N) is 3. The van der Waals surface area contributed by atoms with Crippen molar-refractivity contribution in [3.63, 3.8) is 0 Å². The van der Waals surface area contributed by atoms with E-state index in [0.29, 0.717) is 11.4 Å². The molecule has 0 radical (unpaired) electrons. The fourth-order valence-electron chi connectivity index (χ4n) is 2.48. The molecule has 1 aromatic carbocycles. The van der Waals surface area contributed by atoms with Crippen LogP contribution in [0.25, 0.3) is 0 Å². The predicted octanol–water partition coefficient (Wildman–Crippen LogP) is 3.10. The van der Waals surface area contributed by atoms with Gasteiger partial charge in [-0.25, -0.2) is 4.79 Å². The van der Waals surface area contributed by atoms with E-state index in [1.165, 1.54) is 26.2 Å². The molecule has 1 fully saturated rings. The van der Waals surface area contributed by atoms with Gasteiger partial charge in [0.05, 0.1) is 11.4 Å². The first kappa shape index (κ1) is 14.4. The number of anilines is 2. The third kappa shape index (κ3) is 4.26. The molecule has 0 saturated heterocycles. The average molecular weight is 275 g/mol. The lowest BCUT2D eigenvalue weighted by Gasteiger charge is -2.23. The van der Waals surface area contributed by atoms with Gasteiger partial charge in [0.2, 0.25) is 5.91 Å². The lowest BCUT2D eigenvalue weighted by atomic mass is 9.96. The molecule has 5 heteroatoms. The summed E-state index contributed by atoms with van der Waals surface area (Å²) in [6, 6.07) is 7.21. The number of carbonyl (C=O) groups is 2. The van der Waals surface area contributed by atoms with E-state index in [1.54, 1.807) is 12.1 Å². The Bertz CT molecular complexity index is 482. The number of hydrogen-bond acceptors (Lipinski definition) is 2. The van der Waals surface area contributed by atoms with E-state index in [1.807, 2.05) is 12.1 Å². The molecule has 1 saturated carbocycles. The van der Waals surface area contributed by atoms with E-state index in [9.17, 15) is 9.59 Å². The standard InChI is InChI=1S/C15H21N3O2/c1-11(19)16-13-9-5-6-10-14(13)18-15(20)17-12-7-3-2-4-8-12/h5-6,9-10,12H,2-4,7-8H2,1H3,(H,16,19)(H2,17,18,20). The summed E-state index contributed by atoms with van der Waals surface area (Å²) >= 11 is 0. The quantitative estimate of drug-likeness (QED) is 0.793. The Hall–Kier alpha value is -2.04. The van der Waals surface area contributed by atoms with E-state index in [0.717, 1.165) is 12.8 Å². The summed E-state index contributed by atoms with van der Waals surface area (Å²) in [7, 11) is 0. The number of benzene rings is 1. The Balaban J connectivity index is 1.94. The van der Waals surface area contributed by atoms with Gasteiger partial charge in [0.1, 0.15) is 0 Å². The maximum Gasteiger partial charge on any atom is 0.319 e. The van der Waals surface area contributed by atoms with Crippen LogP contribution in [0.2, 0.25) is 0 Å². The van der Waals surface area contributed by atoms with E-state index in [4.69, 9.17) is 0 Å². The molecule has 0 atom stereocenters. The first-order chi connectivity index (χ1) is 9.65. The van der Waals surface area contributed by atoms with Crippen LogP contribution in [0.1, 0.15) is 39.0 Å². The van der Waals surface area contributed by atoms with Crippen LogP contribution in [0.4, 0.5) is 16.2 Å². The van der Waals surface area contributed by atoms with Crippen molar-refractivity contribution in [2.75, 3.05) is 10.6 Å². The number of urea groups is 1. The number of para-hydroxylation sites is 2. The summed E-state index contributed by atoms with van der Waals surface area (Å²) in [6.45, 7) is 1.44. The molecule has 0 heterocycles. The zero-order chi connectivity index (χ0) is 14.4. The molecule has 1 aromatic rings. The zero-order valence-corrected chi connectivity index (χ0v) is 11.7. The molecule has 0 spiro atoms. The number of hydrogen-bond donors (Lipinski definition) is 3. The maximum absolute atomic E-state index is 12.0. The first-order valence-electron chi connectivity index (χ1n) is 7.09. The molecule has 108 valence electrons. The van der Waals surface area contributed by atoms with Crippen LogP contribution in [0.3, 0.4) is 0 Å². The normalized spacial score (nSPS) is 15.4. The van der Waals surface area contributed by atoms with Crippen LogP contribution in [-0.4, -0.2) is 18.0 Å². The summed E-state index contributed by atoms with van der Waals surface area (Å²) in [5.41, 5.74) is 1.22. The molecule has 1 aliphatic carbocycles. The molecule has 3 N–H and O–H groups in total. The molecule has 20 heavy (non-hydrogen) atoms. The van der Waals surface area contributed by atoms with Crippen molar-refractivity contribution in [2.45, 2.75) is 45.1 Å². The lowest BCUT2D eigenvalue weighted by Crippen LogP contribution is -2.39. The maximum atomic E-state index is 12.0. The Morgan fingerprint density at radius 1 is 1.00 bits per heavy atom. The van der Waals surface area contributed by atoms with Gasteiger partial charge in [-0.15, -0.1) is 0 Å². The van der Waals surface area contributed by atoms with E-state index in [2.05, 4.69) is 16.0 Å². The molecule has 0 bridgehead atoms. The minimum Gasteiger partial charge on any atom is -0.335 e. The van der Waals surface area contributed by atoms with Gasteiger partial charge >= 0.3 is 6.03 Å². The zero-order valence-electron chi connectivity index (χ0n) is 11.7. The average Bonchev–Trinajstić information content (AvgIpc) is 2.41. The summed E-state index contributed by atoms with van der Waals surface area (Å²) in [5, 5.41) is 8.48. The van der Waals surface area contributed by atoms with Crippen LogP contribution >= 0.6 is 0 Å². The summed E-state index contributed by atoms with van der Waals surface area (Å²) in [6.07, 6.45) is 5.69. The molecule has 0 unspecified atom stereocenters. The van der Waals surface area contributed by atoms with Crippen molar-refractivity contribution in [3.05, 3.63) is 24.3 Å². The molecule has 3 amide bonds. The van der Waals surface area contributed by atoms with Gasteiger partial charge in [-0.1, -0.05) is 31.4 Å². The Kier molecular flexibility index (Phi) is 4.98. The van der Waals surface area contributed by atoms with Crippen LogP contribution in [-0.2, 0) is 4.79 Å². The van der Waals surface area contributed by atoms with Crippen LogP contribution in [0, 0.1) is 0 Å². The van der Waals surface area contributed by atoms with Gasteiger partial charge in [0.25, 0.3) is 0 Å². The Morgan fingerprint density at radius 3 is 2.20 bits per heavy atom. The summed E-state index contributed by atoms with van der Waals surface area (Å²) < 4.78 is 0. The summed E-state index contributed by atoms with van der Waals surface area (Å²) in [4.78, 5) is 23.1. The lowest BCUT2D eigenvalue weighted by molar-refractivity contribution is -0.114. The van der Waals surface area contributed by atoms with Gasteiger partial charge in [0.15, 0.2) is 0 Å². The highest BCUT2D eigenvalue weighted by atomic mass is 16.2. The highest BCUT2D eigenvalue weighted by Gasteiger charge is 2.16. The molecule has 2 rings (SSSR count). The van der Waals surface area contributed by atoms with Crippen molar-refractivity contribution in [1.82, 2.24) is 5.32 Å². The van der Waals surface area contributed by atoms with Crippen molar-refractivity contribution in [2.24, 2.45) is 0 Å². The highest BCUT2D eigenvalue weighted by molar-refractivity contribution is 5.98. The summed E-state index contributed by atoms with van der Waals surface area (Å²) in [5.74, 6) is -0.160. The second-order valence-corrected chi connectivity index (χ2v) is 5.16. The first-order valence-corrected chi connectivity index (χ1v) is 7.09. The number of amides is 3. The second kappa shape index (κ2) is 6.93. The van der Waals surface area contributed by atoms with Gasteiger partial charge < -0.3 is 16.0 Å². The number of rotatable bonds is 3. The van der Waals surface area contributed by atoms with Crippen molar-refractivity contribution in [1.29, 1.82) is 0 Å². The smallest absolute Gasteiger partial charge is 0.319 e. The van der Waals surface area contributed by atoms with Crippen molar-refractivity contribution < 1.29 is 9.59 Å². The topological polar surface area (TPSA) is 70.2 Å². The van der Waals surface area contributed by atoms with E-state index in [-0.39, 0.29) is 18.0 Å². The van der Waals surface area contributed by atoms with E-state index < -0.39 is 0 Å². The van der Waals surface area contributed by atoms with Crippen LogP contribution < -0.4 is 16.0 Å². The fraction of sp³-hybridized carbons (Fsp3) is 0.467. The highest BCUT2D eigenvalue weighted by Crippen LogP contribution is 2.21. The van der Waals surface area contributed by atoms with E-state index >= 15 is 0 Å². The minimum atomic E-state index is -0.213. The second-order valence-electron chi connectivity index (χ2n) is 5.16. The predicted molar refractivity (Wildman–Crippen MR) is 79.8 cm³/mol. The number of carbonyl (C=O) groups excluding carboxylic acids is 2. The Labute approximate surface area is 119 Å². The van der Waals surface area contributed by atoms with Crippen LogP contribution in [0.15, 0.2) is 24.3 Å². The van der Waals surface area contributed by atoms with Gasteiger partial charge in [-0.2, -0.15) is 0 Å². The van der Waals surface area contributed by atoms with Crippen molar-refractivity contribution in [3.8, 4) is 0 Å². The third-order valence-corrected chi connectivity index (χ3v) is 3.43. The molecule has 0 aliphatic heterocycles. The van der Waals surface area contributed by atoms with Gasteiger partial charge in [-0.3, -0.25) is 4.79 Å². The monoisotopic (exact) mass is 275 g/mol. The largest absolute Gasteiger partial charge is 0.335 e. The molecular weight excluding hydrogens is 254 g/mol. The molecule has 0 aromatic heterocycles. The van der Waals surface area contributed by atoms with Gasteiger partial charge in [0, 0.05) is 13.0 Å². The van der Waals surface area contributed by atoms with Gasteiger partial charge in [-0.05, 0) is 25.0 Å². The molecule has 5 nitrogen and oxygen atoms in total. The fourth-order valence-corrected chi connectivity index (χ4v) is 2.48. The molecular formula is C15H21N3O2. The van der Waals surface area contributed by atoms with Crippen LogP contribution in [0.5, 0.6) is 0 Å². The SMILES string of the molecule is CC(=O)Nc1ccccc1NC(=O)NC1CCCCC1. The third-order valence-electron chi connectivity index (χ3n) is 3.43.